The highest BCUT2D eigenvalue weighted by Gasteiger charge is 2.25. The second kappa shape index (κ2) is 6.19. The standard InChI is InChI=1S/C17H20N6O2/c1-10-19-16(25-22-10)13-7-6-11(9-14(13)24-2)12-5-3-4-8-23-15(12)20-17(18)21-23/h6-7,9,12H,3-5,8H2,1-2H3,(H2,18,21). The molecule has 1 aliphatic rings. The fraction of sp³-hybridized carbons (Fsp3) is 0.412. The summed E-state index contributed by atoms with van der Waals surface area (Å²) >= 11 is 0. The topological polar surface area (TPSA) is 105 Å². The van der Waals surface area contributed by atoms with Crippen LogP contribution in [0.3, 0.4) is 0 Å². The molecular formula is C17H20N6O2. The van der Waals surface area contributed by atoms with Gasteiger partial charge in [-0.25, -0.2) is 4.68 Å². The fourth-order valence-corrected chi connectivity index (χ4v) is 3.36. The van der Waals surface area contributed by atoms with Crippen molar-refractivity contribution in [3.63, 3.8) is 0 Å². The minimum atomic E-state index is 0.139. The van der Waals surface area contributed by atoms with Crippen molar-refractivity contribution < 1.29 is 9.26 Å². The summed E-state index contributed by atoms with van der Waals surface area (Å²) in [5.41, 5.74) is 7.71. The number of aryl methyl sites for hydroxylation is 2. The van der Waals surface area contributed by atoms with Crippen molar-refractivity contribution in [1.82, 2.24) is 24.9 Å². The molecule has 1 aliphatic heterocycles. The van der Waals surface area contributed by atoms with E-state index in [1.165, 1.54) is 0 Å². The fourth-order valence-electron chi connectivity index (χ4n) is 3.36. The molecule has 8 heteroatoms. The van der Waals surface area contributed by atoms with Crippen molar-refractivity contribution in [3.05, 3.63) is 35.4 Å². The minimum Gasteiger partial charge on any atom is -0.496 e. The zero-order chi connectivity index (χ0) is 17.4. The number of anilines is 1. The molecule has 0 aliphatic carbocycles. The lowest BCUT2D eigenvalue weighted by Crippen LogP contribution is -2.09. The van der Waals surface area contributed by atoms with Gasteiger partial charge in [0.25, 0.3) is 5.89 Å². The van der Waals surface area contributed by atoms with Gasteiger partial charge in [0, 0.05) is 12.5 Å². The summed E-state index contributed by atoms with van der Waals surface area (Å²) in [4.78, 5) is 8.74. The van der Waals surface area contributed by atoms with Crippen LogP contribution in [-0.4, -0.2) is 32.0 Å². The second-order valence-corrected chi connectivity index (χ2v) is 6.21. The molecule has 0 saturated heterocycles. The number of aromatic nitrogens is 5. The molecule has 3 aromatic rings. The largest absolute Gasteiger partial charge is 0.496 e. The normalized spacial score (nSPS) is 17.1. The molecule has 0 fully saturated rings. The molecule has 1 aromatic carbocycles. The Kier molecular flexibility index (Phi) is 3.87. The number of benzene rings is 1. The van der Waals surface area contributed by atoms with E-state index in [-0.39, 0.29) is 5.92 Å². The molecule has 2 aromatic heterocycles. The van der Waals surface area contributed by atoms with Crippen LogP contribution < -0.4 is 10.5 Å². The molecule has 0 saturated carbocycles. The van der Waals surface area contributed by atoms with Crippen LogP contribution in [-0.2, 0) is 6.54 Å². The number of rotatable bonds is 3. The Balaban J connectivity index is 1.76. The number of hydrogen-bond acceptors (Lipinski definition) is 7. The van der Waals surface area contributed by atoms with Gasteiger partial charge in [0.15, 0.2) is 5.82 Å². The maximum absolute atomic E-state index is 5.81. The van der Waals surface area contributed by atoms with Crippen LogP contribution in [0.4, 0.5) is 5.95 Å². The van der Waals surface area contributed by atoms with Gasteiger partial charge in [-0.2, -0.15) is 9.97 Å². The highest BCUT2D eigenvalue weighted by molar-refractivity contribution is 5.64. The third-order valence-electron chi connectivity index (χ3n) is 4.53. The van der Waals surface area contributed by atoms with E-state index in [1.54, 1.807) is 14.0 Å². The van der Waals surface area contributed by atoms with Crippen LogP contribution in [0, 0.1) is 6.92 Å². The lowest BCUT2D eigenvalue weighted by atomic mass is 9.92. The third-order valence-corrected chi connectivity index (χ3v) is 4.53. The van der Waals surface area contributed by atoms with Gasteiger partial charge in [0.1, 0.15) is 11.6 Å². The lowest BCUT2D eigenvalue weighted by molar-refractivity contribution is 0.403. The summed E-state index contributed by atoms with van der Waals surface area (Å²) in [6, 6.07) is 6.03. The Morgan fingerprint density at radius 3 is 2.92 bits per heavy atom. The van der Waals surface area contributed by atoms with Crippen molar-refractivity contribution in [2.24, 2.45) is 0 Å². The van der Waals surface area contributed by atoms with Gasteiger partial charge >= 0.3 is 0 Å². The molecule has 0 bridgehead atoms. The van der Waals surface area contributed by atoms with Gasteiger partial charge in [0.2, 0.25) is 5.95 Å². The number of hydrogen-bond donors (Lipinski definition) is 1. The monoisotopic (exact) mass is 340 g/mol. The van der Waals surface area contributed by atoms with E-state index >= 15 is 0 Å². The van der Waals surface area contributed by atoms with Crippen LogP contribution in [0.1, 0.15) is 42.4 Å². The first-order valence-corrected chi connectivity index (χ1v) is 8.34. The maximum Gasteiger partial charge on any atom is 0.261 e. The van der Waals surface area contributed by atoms with Crippen LogP contribution in [0.15, 0.2) is 22.7 Å². The van der Waals surface area contributed by atoms with Crippen LogP contribution in [0.25, 0.3) is 11.5 Å². The average Bonchev–Trinajstić information content (AvgIpc) is 3.15. The van der Waals surface area contributed by atoms with Crippen molar-refractivity contribution >= 4 is 5.95 Å². The quantitative estimate of drug-likeness (QED) is 0.781. The molecule has 4 rings (SSSR count). The molecule has 3 heterocycles. The smallest absolute Gasteiger partial charge is 0.261 e. The van der Waals surface area contributed by atoms with E-state index in [4.69, 9.17) is 15.0 Å². The zero-order valence-corrected chi connectivity index (χ0v) is 14.3. The van der Waals surface area contributed by atoms with Gasteiger partial charge in [0.05, 0.1) is 12.7 Å². The van der Waals surface area contributed by atoms with Gasteiger partial charge in [-0.05, 0) is 37.5 Å². The van der Waals surface area contributed by atoms with E-state index < -0.39 is 0 Å². The first-order valence-electron chi connectivity index (χ1n) is 8.34. The van der Waals surface area contributed by atoms with Crippen molar-refractivity contribution in [3.8, 4) is 17.2 Å². The first-order chi connectivity index (χ1) is 12.2. The predicted molar refractivity (Wildman–Crippen MR) is 91.2 cm³/mol. The SMILES string of the molecule is COc1cc(C2CCCCn3nc(N)nc32)ccc1-c1nc(C)no1. The Labute approximate surface area is 145 Å². The summed E-state index contributed by atoms with van der Waals surface area (Å²) < 4.78 is 12.8. The summed E-state index contributed by atoms with van der Waals surface area (Å²) in [7, 11) is 1.64. The number of nitrogens with two attached hydrogens (primary N) is 1. The Morgan fingerprint density at radius 2 is 2.16 bits per heavy atom. The van der Waals surface area contributed by atoms with E-state index in [0.717, 1.165) is 42.8 Å². The molecule has 130 valence electrons. The zero-order valence-electron chi connectivity index (χ0n) is 14.3. The van der Waals surface area contributed by atoms with Gasteiger partial charge in [-0.3, -0.25) is 0 Å². The Hall–Kier alpha value is -2.90. The third kappa shape index (κ3) is 2.84. The predicted octanol–water partition coefficient (Wildman–Crippen LogP) is 2.54. The summed E-state index contributed by atoms with van der Waals surface area (Å²) in [5.74, 6) is 3.12. The molecule has 25 heavy (non-hydrogen) atoms. The van der Waals surface area contributed by atoms with Crippen LogP contribution in [0.5, 0.6) is 5.75 Å². The molecule has 0 spiro atoms. The van der Waals surface area contributed by atoms with Crippen molar-refractivity contribution in [2.45, 2.75) is 38.6 Å². The average molecular weight is 340 g/mol. The van der Waals surface area contributed by atoms with E-state index in [1.807, 2.05) is 16.8 Å². The van der Waals surface area contributed by atoms with Gasteiger partial charge < -0.3 is 15.0 Å². The minimum absolute atomic E-state index is 0.139. The first kappa shape index (κ1) is 15.6. The van der Waals surface area contributed by atoms with Crippen LogP contribution >= 0.6 is 0 Å². The summed E-state index contributed by atoms with van der Waals surface area (Å²) in [6.07, 6.45) is 3.19. The summed E-state index contributed by atoms with van der Waals surface area (Å²) in [5, 5.41) is 8.16. The molecule has 2 N–H and O–H groups in total. The number of methoxy groups -OCH3 is 1. The Morgan fingerprint density at radius 1 is 1.28 bits per heavy atom. The number of fused-ring (bicyclic) bond motifs is 1. The van der Waals surface area contributed by atoms with Gasteiger partial charge in [-0.1, -0.05) is 17.6 Å². The highest BCUT2D eigenvalue weighted by atomic mass is 16.5. The molecule has 8 nitrogen and oxygen atoms in total. The van der Waals surface area contributed by atoms with E-state index in [2.05, 4.69) is 26.3 Å². The lowest BCUT2D eigenvalue weighted by Gasteiger charge is -2.16. The maximum atomic E-state index is 5.81. The molecular weight excluding hydrogens is 320 g/mol. The molecule has 1 unspecified atom stereocenters. The summed E-state index contributed by atoms with van der Waals surface area (Å²) in [6.45, 7) is 2.64. The van der Waals surface area contributed by atoms with Crippen molar-refractivity contribution in [2.75, 3.05) is 12.8 Å². The van der Waals surface area contributed by atoms with E-state index in [0.29, 0.717) is 23.4 Å². The molecule has 1 atom stereocenters. The number of nitrogen functional groups attached to an aromatic ring is 1. The second-order valence-electron chi connectivity index (χ2n) is 6.21. The van der Waals surface area contributed by atoms with Crippen LogP contribution in [0.2, 0.25) is 0 Å². The van der Waals surface area contributed by atoms with Crippen molar-refractivity contribution in [1.29, 1.82) is 0 Å². The number of nitrogens with zero attached hydrogens (tertiary/aromatic N) is 5. The highest BCUT2D eigenvalue weighted by Crippen LogP contribution is 2.37. The number of ether oxygens (including phenoxy) is 1. The Bertz CT molecular complexity index is 900. The van der Waals surface area contributed by atoms with Gasteiger partial charge in [-0.15, -0.1) is 5.10 Å². The molecule has 0 radical (unpaired) electrons. The van der Waals surface area contributed by atoms with E-state index in [9.17, 15) is 0 Å². The molecule has 0 amide bonds.